The molecule has 0 saturated carbocycles. The van der Waals surface area contributed by atoms with Gasteiger partial charge < -0.3 is 0 Å². The Bertz CT molecular complexity index is 1100. The van der Waals surface area contributed by atoms with Gasteiger partial charge in [0, 0.05) is 0 Å². The summed E-state index contributed by atoms with van der Waals surface area (Å²) in [6, 6.07) is 17.3. The number of hydrogen-bond donors (Lipinski definition) is 0. The fraction of sp³-hybridized carbons (Fsp3) is 0.448. The summed E-state index contributed by atoms with van der Waals surface area (Å²) in [5.41, 5.74) is -0.546. The summed E-state index contributed by atoms with van der Waals surface area (Å²) in [5.74, 6) is -1.42. The van der Waals surface area contributed by atoms with Crippen LogP contribution in [0.15, 0.2) is 70.0 Å². The van der Waals surface area contributed by atoms with Crippen LogP contribution in [0.25, 0.3) is 0 Å². The minimum atomic E-state index is -1.70. The zero-order valence-electron chi connectivity index (χ0n) is 23.0. The van der Waals surface area contributed by atoms with Crippen LogP contribution in [-0.2, 0) is 34.6 Å². The second-order valence-corrected chi connectivity index (χ2v) is 13.9. The molecule has 0 heterocycles. The molecule has 6 nitrogen and oxygen atoms in total. The van der Waals surface area contributed by atoms with Crippen molar-refractivity contribution >= 4 is 42.2 Å². The normalized spacial score (nSPS) is 13.4. The summed E-state index contributed by atoms with van der Waals surface area (Å²) < 4.78 is 31.2. The van der Waals surface area contributed by atoms with Crippen LogP contribution >= 0.6 is 0 Å². The van der Waals surface area contributed by atoms with E-state index in [-0.39, 0.29) is 32.6 Å². The van der Waals surface area contributed by atoms with Gasteiger partial charge in [-0.15, -0.1) is 0 Å². The number of carbonyl (C=O) groups excluding carboxylic acids is 2. The van der Waals surface area contributed by atoms with Gasteiger partial charge in [0.1, 0.15) is 0 Å². The molecule has 0 saturated heterocycles. The second kappa shape index (κ2) is 13.5. The van der Waals surface area contributed by atoms with Gasteiger partial charge in [0.05, 0.1) is 0 Å². The van der Waals surface area contributed by atoms with Gasteiger partial charge in [-0.25, -0.2) is 0 Å². The molecule has 0 N–H and O–H groups in total. The van der Waals surface area contributed by atoms with Gasteiger partial charge in [0.2, 0.25) is 0 Å². The van der Waals surface area contributed by atoms with Crippen molar-refractivity contribution in [3.05, 3.63) is 70.6 Å². The molecule has 37 heavy (non-hydrogen) atoms. The Morgan fingerprint density at radius 3 is 1.92 bits per heavy atom. The molecule has 0 radical (unpaired) electrons. The van der Waals surface area contributed by atoms with E-state index in [9.17, 15) is 13.8 Å². The van der Waals surface area contributed by atoms with Crippen molar-refractivity contribution in [3.8, 4) is 0 Å². The third-order valence-corrected chi connectivity index (χ3v) is 11.5. The first kappa shape index (κ1) is 31.0. The Labute approximate surface area is 229 Å². The fourth-order valence-electron chi connectivity index (χ4n) is 3.90. The van der Waals surface area contributed by atoms with E-state index in [1.54, 1.807) is 7.11 Å². The Morgan fingerprint density at radius 2 is 1.46 bits per heavy atom. The molecule has 2 aromatic rings. The average molecular weight is 594 g/mol. The van der Waals surface area contributed by atoms with Crippen LogP contribution in [0.2, 0.25) is 4.82 Å². The summed E-state index contributed by atoms with van der Waals surface area (Å²) >= 11 is -0.157. The topological polar surface area (TPSA) is 78.9 Å². The summed E-state index contributed by atoms with van der Waals surface area (Å²) in [6.07, 6.45) is 0.0281. The molecule has 0 aromatic heterocycles. The van der Waals surface area contributed by atoms with Gasteiger partial charge in [-0.3, -0.25) is 0 Å². The van der Waals surface area contributed by atoms with E-state index in [0.717, 1.165) is 15.6 Å². The van der Waals surface area contributed by atoms with Gasteiger partial charge in [0.15, 0.2) is 0 Å². The van der Waals surface area contributed by atoms with Crippen LogP contribution in [0, 0.1) is 12.3 Å². The number of rotatable bonds is 12. The molecule has 0 aliphatic rings. The molecule has 2 aromatic carbocycles. The van der Waals surface area contributed by atoms with Crippen molar-refractivity contribution in [2.75, 3.05) is 21.3 Å². The minimum absolute atomic E-state index is 0.0870. The summed E-state index contributed by atoms with van der Waals surface area (Å²) in [7, 11) is 2.57. The molecule has 202 valence electrons. The van der Waals surface area contributed by atoms with E-state index in [0.29, 0.717) is 9.80 Å². The van der Waals surface area contributed by atoms with Gasteiger partial charge in [-0.1, -0.05) is 0 Å². The number of ether oxygens (including phenoxy) is 3. The molecular formula is C29H38O6SSe. The first-order valence-electron chi connectivity index (χ1n) is 12.0. The Hall–Kier alpha value is -2.25. The van der Waals surface area contributed by atoms with Crippen molar-refractivity contribution in [2.24, 2.45) is 5.41 Å². The van der Waals surface area contributed by atoms with Crippen LogP contribution in [0.1, 0.15) is 46.1 Å². The quantitative estimate of drug-likeness (QED) is 0.201. The number of benzene rings is 2. The van der Waals surface area contributed by atoms with E-state index >= 15 is 0 Å². The van der Waals surface area contributed by atoms with Crippen LogP contribution in [-0.4, -0.2) is 58.0 Å². The molecule has 0 fully saturated rings. The van der Waals surface area contributed by atoms with Crippen LogP contribution < -0.4 is 4.46 Å². The third kappa shape index (κ3) is 7.64. The van der Waals surface area contributed by atoms with Crippen molar-refractivity contribution < 1.29 is 28.0 Å². The summed E-state index contributed by atoms with van der Waals surface area (Å²) in [4.78, 5) is 27.9. The SMILES string of the molecule is COC(=O)C(CC(=C(C)C)[S@@](=O)c1ccc(C)cc1)(CC([Se]c1ccccc1)C(C)(C)OC)C(=O)OC. The molecule has 0 aliphatic heterocycles. The Kier molecular flexibility index (Phi) is 11.3. The van der Waals surface area contributed by atoms with Crippen molar-refractivity contribution in [2.45, 2.75) is 62.8 Å². The fourth-order valence-corrected chi connectivity index (χ4v) is 8.24. The standard InChI is InChI=1S/C29H38O6SSe/c1-20(2)24(36(32)22-16-14-21(3)15-17-22)18-29(26(30)33-6,27(31)34-7)19-25(28(4,5)35-8)37-23-12-10-9-11-13-23/h9-17,25H,18-19H2,1-8H3/t25?,36-/m0/s1. The molecular weight excluding hydrogens is 555 g/mol. The van der Waals surface area contributed by atoms with E-state index in [2.05, 4.69) is 0 Å². The van der Waals surface area contributed by atoms with Crippen LogP contribution in [0.5, 0.6) is 0 Å². The van der Waals surface area contributed by atoms with E-state index in [4.69, 9.17) is 14.2 Å². The second-order valence-electron chi connectivity index (χ2n) is 9.68. The first-order chi connectivity index (χ1) is 17.4. The predicted molar refractivity (Wildman–Crippen MR) is 148 cm³/mol. The zero-order chi connectivity index (χ0) is 27.8. The molecule has 0 bridgehead atoms. The zero-order valence-corrected chi connectivity index (χ0v) is 25.5. The van der Waals surface area contributed by atoms with E-state index < -0.39 is 33.8 Å². The third-order valence-electron chi connectivity index (χ3n) is 6.49. The van der Waals surface area contributed by atoms with Gasteiger partial charge in [-0.2, -0.15) is 0 Å². The molecule has 2 rings (SSSR count). The van der Waals surface area contributed by atoms with E-state index in [1.807, 2.05) is 89.2 Å². The number of carbonyl (C=O) groups is 2. The molecule has 2 atom stereocenters. The van der Waals surface area contributed by atoms with Crippen LogP contribution in [0.4, 0.5) is 0 Å². The Morgan fingerprint density at radius 1 is 0.919 bits per heavy atom. The Balaban J connectivity index is 2.65. The van der Waals surface area contributed by atoms with Gasteiger partial charge in [-0.05, 0) is 0 Å². The van der Waals surface area contributed by atoms with Crippen molar-refractivity contribution in [1.29, 1.82) is 0 Å². The number of hydrogen-bond acceptors (Lipinski definition) is 6. The monoisotopic (exact) mass is 594 g/mol. The van der Waals surface area contributed by atoms with Crippen LogP contribution in [0.3, 0.4) is 0 Å². The van der Waals surface area contributed by atoms with Gasteiger partial charge >= 0.3 is 230 Å². The number of aryl methyl sites for hydroxylation is 1. The number of esters is 2. The maximum atomic E-state index is 13.8. The molecule has 0 spiro atoms. The van der Waals surface area contributed by atoms with Crippen molar-refractivity contribution in [1.82, 2.24) is 0 Å². The number of methoxy groups -OCH3 is 3. The summed E-state index contributed by atoms with van der Waals surface area (Å²) in [6.45, 7) is 9.54. The predicted octanol–water partition coefficient (Wildman–Crippen LogP) is 4.75. The average Bonchev–Trinajstić information content (AvgIpc) is 2.89. The molecule has 0 aliphatic carbocycles. The molecule has 1 unspecified atom stereocenters. The van der Waals surface area contributed by atoms with E-state index in [1.165, 1.54) is 14.2 Å². The maximum absolute atomic E-state index is 13.8. The first-order valence-corrected chi connectivity index (χ1v) is 15.0. The molecule has 8 heteroatoms. The molecule has 0 amide bonds. The van der Waals surface area contributed by atoms with Crippen molar-refractivity contribution in [3.63, 3.8) is 0 Å². The number of allylic oxidation sites excluding steroid dienone is 2. The van der Waals surface area contributed by atoms with Gasteiger partial charge in [0.25, 0.3) is 0 Å². The summed E-state index contributed by atoms with van der Waals surface area (Å²) in [5, 5.41) is 0.